The maximum Gasteiger partial charge on any atom is 0.267 e. The van der Waals surface area contributed by atoms with Gasteiger partial charge in [0.15, 0.2) is 0 Å². The fourth-order valence-electron chi connectivity index (χ4n) is 3.23. The summed E-state index contributed by atoms with van der Waals surface area (Å²) in [7, 11) is 0. The van der Waals surface area contributed by atoms with Crippen LogP contribution in [-0.4, -0.2) is 47.8 Å². The Bertz CT molecular complexity index is 1180. The van der Waals surface area contributed by atoms with Crippen LogP contribution in [0.3, 0.4) is 0 Å². The van der Waals surface area contributed by atoms with Crippen molar-refractivity contribution in [1.82, 2.24) is 18.9 Å². The lowest BCUT2D eigenvalue weighted by atomic mass is 10.1. The molecule has 1 unspecified atom stereocenters. The third-order valence-electron chi connectivity index (χ3n) is 4.61. The van der Waals surface area contributed by atoms with Gasteiger partial charge in [-0.1, -0.05) is 0 Å². The van der Waals surface area contributed by atoms with E-state index >= 15 is 0 Å². The molecule has 0 radical (unpaired) electrons. The molecule has 0 aliphatic carbocycles. The van der Waals surface area contributed by atoms with Crippen molar-refractivity contribution in [1.29, 1.82) is 0 Å². The van der Waals surface area contributed by atoms with Crippen LogP contribution in [-0.2, 0) is 6.54 Å². The molecule has 0 spiro atoms. The normalized spacial score (nSPS) is 12.4. The molecule has 0 saturated carbocycles. The SMILES string of the molecule is NC(=O)c1cnc2ccc(-c3c(-c4ccc(F)cc4)ncn3CC(O)CO)cn12. The zero-order valence-corrected chi connectivity index (χ0v) is 15.2. The van der Waals surface area contributed by atoms with Crippen molar-refractivity contribution in [3.05, 3.63) is 66.6 Å². The van der Waals surface area contributed by atoms with E-state index in [1.54, 1.807) is 45.8 Å². The number of nitrogens with two attached hydrogens (primary N) is 1. The first-order chi connectivity index (χ1) is 14.0. The van der Waals surface area contributed by atoms with E-state index in [1.807, 2.05) is 0 Å². The third-order valence-corrected chi connectivity index (χ3v) is 4.61. The van der Waals surface area contributed by atoms with Crippen molar-refractivity contribution in [2.24, 2.45) is 5.73 Å². The summed E-state index contributed by atoms with van der Waals surface area (Å²) in [5.74, 6) is -0.978. The molecule has 0 bridgehead atoms. The fraction of sp³-hybridized carbons (Fsp3) is 0.150. The smallest absolute Gasteiger partial charge is 0.267 e. The Labute approximate surface area is 164 Å². The van der Waals surface area contributed by atoms with Gasteiger partial charge in [-0.25, -0.2) is 14.4 Å². The van der Waals surface area contributed by atoms with E-state index in [9.17, 15) is 19.4 Å². The molecular formula is C20H18FN5O3. The van der Waals surface area contributed by atoms with Crippen molar-refractivity contribution in [2.75, 3.05) is 6.61 Å². The lowest BCUT2D eigenvalue weighted by molar-refractivity contribution is 0.0815. The second kappa shape index (κ2) is 7.46. The molecule has 0 fully saturated rings. The zero-order chi connectivity index (χ0) is 20.5. The molecule has 0 saturated heterocycles. The number of primary amides is 1. The van der Waals surface area contributed by atoms with Gasteiger partial charge in [-0.3, -0.25) is 9.20 Å². The third kappa shape index (κ3) is 3.48. The van der Waals surface area contributed by atoms with Gasteiger partial charge in [0.05, 0.1) is 43.2 Å². The number of pyridine rings is 1. The first-order valence-electron chi connectivity index (χ1n) is 8.85. The first-order valence-corrected chi connectivity index (χ1v) is 8.85. The second-order valence-corrected chi connectivity index (χ2v) is 6.59. The van der Waals surface area contributed by atoms with Gasteiger partial charge in [-0.2, -0.15) is 0 Å². The van der Waals surface area contributed by atoms with E-state index in [0.717, 1.165) is 0 Å². The number of hydrogen-bond acceptors (Lipinski definition) is 5. The largest absolute Gasteiger partial charge is 0.394 e. The fourth-order valence-corrected chi connectivity index (χ4v) is 3.23. The van der Waals surface area contributed by atoms with E-state index in [2.05, 4.69) is 9.97 Å². The number of nitrogens with zero attached hydrogens (tertiary/aromatic N) is 4. The summed E-state index contributed by atoms with van der Waals surface area (Å²) in [6, 6.07) is 9.43. The van der Waals surface area contributed by atoms with Gasteiger partial charge in [0.1, 0.15) is 17.2 Å². The topological polar surface area (TPSA) is 119 Å². The van der Waals surface area contributed by atoms with Crippen LogP contribution in [0.25, 0.3) is 28.2 Å². The second-order valence-electron chi connectivity index (χ2n) is 6.59. The molecule has 3 heterocycles. The maximum absolute atomic E-state index is 13.4. The quantitative estimate of drug-likeness (QED) is 0.457. The van der Waals surface area contributed by atoms with Gasteiger partial charge in [0, 0.05) is 17.3 Å². The van der Waals surface area contributed by atoms with Crippen molar-refractivity contribution in [3.63, 3.8) is 0 Å². The van der Waals surface area contributed by atoms with Gasteiger partial charge in [-0.15, -0.1) is 0 Å². The van der Waals surface area contributed by atoms with Crippen LogP contribution >= 0.6 is 0 Å². The Morgan fingerprint density at radius 3 is 2.55 bits per heavy atom. The summed E-state index contributed by atoms with van der Waals surface area (Å²) < 4.78 is 16.6. The minimum atomic E-state index is -0.984. The molecule has 29 heavy (non-hydrogen) atoms. The molecule has 1 atom stereocenters. The number of amides is 1. The number of halogens is 1. The predicted molar refractivity (Wildman–Crippen MR) is 103 cm³/mol. The Kier molecular flexibility index (Phi) is 4.83. The number of fused-ring (bicyclic) bond motifs is 1. The van der Waals surface area contributed by atoms with Crippen molar-refractivity contribution < 1.29 is 19.4 Å². The lowest BCUT2D eigenvalue weighted by Gasteiger charge is -2.14. The van der Waals surface area contributed by atoms with Crippen molar-refractivity contribution >= 4 is 11.6 Å². The molecule has 1 amide bonds. The minimum Gasteiger partial charge on any atom is -0.394 e. The number of hydrogen-bond donors (Lipinski definition) is 3. The molecule has 4 N–H and O–H groups in total. The number of aliphatic hydroxyl groups excluding tert-OH is 2. The van der Waals surface area contributed by atoms with Gasteiger partial charge < -0.3 is 20.5 Å². The number of aromatic nitrogens is 4. The highest BCUT2D eigenvalue weighted by Crippen LogP contribution is 2.32. The highest BCUT2D eigenvalue weighted by atomic mass is 19.1. The molecule has 9 heteroatoms. The van der Waals surface area contributed by atoms with Crippen LogP contribution in [0.5, 0.6) is 0 Å². The highest BCUT2D eigenvalue weighted by Gasteiger charge is 2.19. The molecule has 0 aliphatic heterocycles. The number of carbonyl (C=O) groups excluding carboxylic acids is 1. The maximum atomic E-state index is 13.4. The Hall–Kier alpha value is -3.56. The Balaban J connectivity index is 1.91. The van der Waals surface area contributed by atoms with Gasteiger partial charge in [0.2, 0.25) is 0 Å². The van der Waals surface area contributed by atoms with Crippen LogP contribution in [0.1, 0.15) is 10.5 Å². The summed E-state index contributed by atoms with van der Waals surface area (Å²) in [5, 5.41) is 19.2. The molecular weight excluding hydrogens is 377 g/mol. The van der Waals surface area contributed by atoms with Gasteiger partial charge in [0.25, 0.3) is 5.91 Å². The van der Waals surface area contributed by atoms with E-state index in [0.29, 0.717) is 28.2 Å². The predicted octanol–water partition coefficient (Wildman–Crippen LogP) is 1.46. The highest BCUT2D eigenvalue weighted by molar-refractivity contribution is 5.92. The van der Waals surface area contributed by atoms with Gasteiger partial charge in [-0.05, 0) is 36.4 Å². The minimum absolute atomic E-state index is 0.102. The van der Waals surface area contributed by atoms with Crippen LogP contribution < -0.4 is 5.73 Å². The number of rotatable bonds is 6. The molecule has 148 valence electrons. The number of imidazole rings is 2. The van der Waals surface area contributed by atoms with E-state index in [4.69, 9.17) is 5.73 Å². The van der Waals surface area contributed by atoms with E-state index in [1.165, 1.54) is 18.3 Å². The van der Waals surface area contributed by atoms with Crippen LogP contribution in [0.15, 0.2) is 55.1 Å². The summed E-state index contributed by atoms with van der Waals surface area (Å²) in [5.41, 5.74) is 8.77. The summed E-state index contributed by atoms with van der Waals surface area (Å²) in [6.07, 6.45) is 3.66. The summed E-state index contributed by atoms with van der Waals surface area (Å²) >= 11 is 0. The molecule has 4 rings (SSSR count). The van der Waals surface area contributed by atoms with Crippen LogP contribution in [0.4, 0.5) is 4.39 Å². The standard InChI is InChI=1S/C20H18FN5O3/c21-14-4-1-12(2-5-14)18-19(25(11-24-18)9-15(28)10-27)13-3-6-17-23-7-16(20(22)29)26(17)8-13/h1-8,11,15,27-28H,9-10H2,(H2,22,29). The molecule has 0 aliphatic rings. The van der Waals surface area contributed by atoms with Crippen molar-refractivity contribution in [3.8, 4) is 22.5 Å². The average molecular weight is 395 g/mol. The molecule has 1 aromatic carbocycles. The average Bonchev–Trinajstić information content (AvgIpc) is 3.32. The monoisotopic (exact) mass is 395 g/mol. The van der Waals surface area contributed by atoms with Crippen LogP contribution in [0.2, 0.25) is 0 Å². The Morgan fingerprint density at radius 2 is 1.86 bits per heavy atom. The summed E-state index contributed by atoms with van der Waals surface area (Å²) in [6.45, 7) is -0.305. The number of benzene rings is 1. The molecule has 4 aromatic rings. The lowest BCUT2D eigenvalue weighted by Crippen LogP contribution is -2.20. The van der Waals surface area contributed by atoms with E-state index in [-0.39, 0.29) is 18.1 Å². The van der Waals surface area contributed by atoms with E-state index < -0.39 is 18.6 Å². The molecule has 8 nitrogen and oxygen atoms in total. The Morgan fingerprint density at radius 1 is 1.14 bits per heavy atom. The van der Waals surface area contributed by atoms with Gasteiger partial charge >= 0.3 is 0 Å². The number of aliphatic hydroxyl groups is 2. The molecule has 3 aromatic heterocycles. The first kappa shape index (κ1) is 18.8. The van der Waals surface area contributed by atoms with Crippen molar-refractivity contribution in [2.45, 2.75) is 12.6 Å². The number of carbonyl (C=O) groups is 1. The summed E-state index contributed by atoms with van der Waals surface area (Å²) in [4.78, 5) is 20.3. The zero-order valence-electron chi connectivity index (χ0n) is 15.2. The van der Waals surface area contributed by atoms with Crippen LogP contribution in [0, 0.1) is 5.82 Å².